The number of rotatable bonds is 0. The predicted molar refractivity (Wildman–Crippen MR) is 28.9 cm³/mol. The van der Waals surface area contributed by atoms with Crippen molar-refractivity contribution in [2.24, 2.45) is 0 Å². The Morgan fingerprint density at radius 1 is 1.30 bits per heavy atom. The van der Waals surface area contributed by atoms with Gasteiger partial charge in [0.2, 0.25) is 0 Å². The van der Waals surface area contributed by atoms with Crippen LogP contribution in [0.4, 0.5) is 4.39 Å². The molecule has 1 saturated heterocycles. The Morgan fingerprint density at radius 2 is 1.90 bits per heavy atom. The first kappa shape index (κ1) is 7.87. The molecule has 0 amide bonds. The van der Waals surface area contributed by atoms with Crippen molar-refractivity contribution >= 4 is 0 Å². The molecule has 1 fully saturated rings. The maximum absolute atomic E-state index is 12.4. The third-order valence-electron chi connectivity index (χ3n) is 1.43. The van der Waals surface area contributed by atoms with E-state index in [1.54, 1.807) is 0 Å². The van der Waals surface area contributed by atoms with E-state index in [1.165, 1.54) is 0 Å². The summed E-state index contributed by atoms with van der Waals surface area (Å²) in [6.07, 6.45) is -6.30. The number of hydrogen-bond acceptors (Lipinski definition) is 4. The van der Waals surface area contributed by atoms with E-state index < -0.39 is 24.7 Å². The summed E-state index contributed by atoms with van der Waals surface area (Å²) < 4.78 is 16.8. The molecule has 0 saturated carbocycles. The Bertz CT molecular complexity index is 106. The first-order valence-electron chi connectivity index (χ1n) is 2.93. The highest BCUT2D eigenvalue weighted by atomic mass is 19.1. The van der Waals surface area contributed by atoms with Crippen LogP contribution in [-0.2, 0) is 4.74 Å². The molecule has 0 aliphatic carbocycles. The van der Waals surface area contributed by atoms with Gasteiger partial charge in [0, 0.05) is 0 Å². The average molecular weight is 152 g/mol. The molecule has 60 valence electrons. The summed E-state index contributed by atoms with van der Waals surface area (Å²) in [7, 11) is 0. The lowest BCUT2D eigenvalue weighted by atomic mass is 10.1. The number of ether oxygens (including phenoxy) is 1. The summed E-state index contributed by atoms with van der Waals surface area (Å²) in [4.78, 5) is 0. The van der Waals surface area contributed by atoms with Crippen LogP contribution in [0.5, 0.6) is 0 Å². The van der Waals surface area contributed by atoms with Gasteiger partial charge < -0.3 is 20.1 Å². The minimum Gasteiger partial charge on any atom is -0.388 e. The zero-order valence-corrected chi connectivity index (χ0v) is 5.14. The number of aliphatic hydroxyl groups is 3. The van der Waals surface area contributed by atoms with Gasteiger partial charge in [-0.15, -0.1) is 0 Å². The second kappa shape index (κ2) is 2.79. The fourth-order valence-corrected chi connectivity index (χ4v) is 0.769. The molecule has 1 heterocycles. The lowest BCUT2D eigenvalue weighted by Crippen LogP contribution is -2.50. The Labute approximate surface area is 56.9 Å². The van der Waals surface area contributed by atoms with Gasteiger partial charge in [-0.1, -0.05) is 0 Å². The van der Waals surface area contributed by atoms with Crippen LogP contribution in [0.2, 0.25) is 0 Å². The minimum atomic E-state index is -1.91. The van der Waals surface area contributed by atoms with Crippen LogP contribution in [0.15, 0.2) is 0 Å². The van der Waals surface area contributed by atoms with Crippen LogP contribution in [0, 0.1) is 0 Å². The molecular formula is C5H9FO4. The maximum Gasteiger partial charge on any atom is 0.189 e. The molecule has 1 rings (SSSR count). The molecule has 3 N–H and O–H groups in total. The van der Waals surface area contributed by atoms with Crippen molar-refractivity contribution in [3.63, 3.8) is 0 Å². The summed E-state index contributed by atoms with van der Waals surface area (Å²) >= 11 is 0. The van der Waals surface area contributed by atoms with Crippen molar-refractivity contribution in [1.29, 1.82) is 0 Å². The van der Waals surface area contributed by atoms with E-state index in [9.17, 15) is 4.39 Å². The van der Waals surface area contributed by atoms with Crippen molar-refractivity contribution < 1.29 is 24.4 Å². The highest BCUT2D eigenvalue weighted by Crippen LogP contribution is 2.16. The third kappa shape index (κ3) is 1.27. The molecule has 1 aliphatic heterocycles. The molecule has 0 aromatic rings. The molecule has 0 unspecified atom stereocenters. The van der Waals surface area contributed by atoms with E-state index in [0.717, 1.165) is 0 Å². The van der Waals surface area contributed by atoms with Crippen LogP contribution >= 0.6 is 0 Å². The smallest absolute Gasteiger partial charge is 0.189 e. The van der Waals surface area contributed by atoms with Crippen molar-refractivity contribution in [3.05, 3.63) is 0 Å². The maximum atomic E-state index is 12.4. The number of alkyl halides is 1. The summed E-state index contributed by atoms with van der Waals surface area (Å²) in [5.74, 6) is 0. The van der Waals surface area contributed by atoms with Gasteiger partial charge in [0.25, 0.3) is 0 Å². The molecule has 0 aromatic carbocycles. The second-order valence-electron chi connectivity index (χ2n) is 2.23. The Kier molecular flexibility index (Phi) is 2.20. The molecule has 1 aliphatic rings. The highest BCUT2D eigenvalue weighted by molar-refractivity contribution is 4.81. The highest BCUT2D eigenvalue weighted by Gasteiger charge is 2.37. The fourth-order valence-electron chi connectivity index (χ4n) is 0.769. The second-order valence-corrected chi connectivity index (χ2v) is 2.23. The molecule has 4 nitrogen and oxygen atoms in total. The molecule has 0 spiro atoms. The summed E-state index contributed by atoms with van der Waals surface area (Å²) in [6, 6.07) is 0. The largest absolute Gasteiger partial charge is 0.388 e. The lowest BCUT2D eigenvalue weighted by molar-refractivity contribution is -0.233. The van der Waals surface area contributed by atoms with Gasteiger partial charge in [0.05, 0.1) is 6.61 Å². The Balaban J connectivity index is 2.52. The third-order valence-corrected chi connectivity index (χ3v) is 1.43. The molecule has 4 atom stereocenters. The molecular weight excluding hydrogens is 143 g/mol. The zero-order valence-electron chi connectivity index (χ0n) is 5.14. The van der Waals surface area contributed by atoms with E-state index in [1.807, 2.05) is 0 Å². The van der Waals surface area contributed by atoms with Crippen LogP contribution < -0.4 is 0 Å². The number of aliphatic hydroxyl groups excluding tert-OH is 3. The van der Waals surface area contributed by atoms with Gasteiger partial charge in [0.15, 0.2) is 12.5 Å². The first-order chi connectivity index (χ1) is 4.63. The monoisotopic (exact) mass is 152 g/mol. The van der Waals surface area contributed by atoms with Crippen molar-refractivity contribution in [2.75, 3.05) is 6.61 Å². The molecule has 5 heteroatoms. The van der Waals surface area contributed by atoms with Crippen LogP contribution in [0.3, 0.4) is 0 Å². The molecule has 0 radical (unpaired) electrons. The van der Waals surface area contributed by atoms with E-state index >= 15 is 0 Å². The van der Waals surface area contributed by atoms with Gasteiger partial charge >= 0.3 is 0 Å². The number of halogens is 1. The standard InChI is InChI=1S/C5H9FO4/c6-3-4(8)2(7)1-10-5(3)9/h2-5,7-9H,1H2/t2-,3-,4+,5+/m1/s1. The topological polar surface area (TPSA) is 69.9 Å². The van der Waals surface area contributed by atoms with Gasteiger partial charge in [-0.05, 0) is 0 Å². The summed E-state index contributed by atoms with van der Waals surface area (Å²) in [5.41, 5.74) is 0. The quantitative estimate of drug-likeness (QED) is 0.391. The molecule has 10 heavy (non-hydrogen) atoms. The predicted octanol–water partition coefficient (Wildman–Crippen LogP) is -1.61. The van der Waals surface area contributed by atoms with E-state index in [-0.39, 0.29) is 6.61 Å². The number of hydrogen-bond donors (Lipinski definition) is 3. The Hall–Kier alpha value is -0.230. The van der Waals surface area contributed by atoms with Crippen LogP contribution in [-0.4, -0.2) is 46.6 Å². The van der Waals surface area contributed by atoms with Crippen LogP contribution in [0.25, 0.3) is 0 Å². The average Bonchev–Trinajstić information content (AvgIpc) is 1.93. The van der Waals surface area contributed by atoms with E-state index in [0.29, 0.717) is 0 Å². The lowest BCUT2D eigenvalue weighted by Gasteiger charge is -2.30. The van der Waals surface area contributed by atoms with Gasteiger partial charge in [-0.2, -0.15) is 0 Å². The van der Waals surface area contributed by atoms with E-state index in [4.69, 9.17) is 15.3 Å². The summed E-state index contributed by atoms with van der Waals surface area (Å²) in [6.45, 7) is -0.233. The molecule has 0 aromatic heterocycles. The molecule has 0 bridgehead atoms. The van der Waals surface area contributed by atoms with Gasteiger partial charge in [0.1, 0.15) is 12.2 Å². The van der Waals surface area contributed by atoms with Gasteiger partial charge in [-0.3, -0.25) is 0 Å². The zero-order chi connectivity index (χ0) is 7.72. The van der Waals surface area contributed by atoms with Crippen molar-refractivity contribution in [3.8, 4) is 0 Å². The SMILES string of the molecule is O[C@@H]1[C@@H](F)[C@@H](O)OC[C@H]1O. The van der Waals surface area contributed by atoms with Crippen LogP contribution in [0.1, 0.15) is 0 Å². The summed E-state index contributed by atoms with van der Waals surface area (Å²) in [5, 5.41) is 26.1. The minimum absolute atomic E-state index is 0.233. The Morgan fingerprint density at radius 3 is 2.40 bits per heavy atom. The van der Waals surface area contributed by atoms with Crippen molar-refractivity contribution in [2.45, 2.75) is 24.7 Å². The normalized spacial score (nSPS) is 49.2. The first-order valence-corrected chi connectivity index (χ1v) is 2.93. The van der Waals surface area contributed by atoms with E-state index in [2.05, 4.69) is 4.74 Å². The fraction of sp³-hybridized carbons (Fsp3) is 1.00. The van der Waals surface area contributed by atoms with Gasteiger partial charge in [-0.25, -0.2) is 4.39 Å². The van der Waals surface area contributed by atoms with Crippen molar-refractivity contribution in [1.82, 2.24) is 0 Å².